The molecule has 3 amide bonds. The predicted molar refractivity (Wildman–Crippen MR) is 78.8 cm³/mol. The van der Waals surface area contributed by atoms with Crippen molar-refractivity contribution < 1.29 is 14.3 Å². The lowest BCUT2D eigenvalue weighted by Gasteiger charge is -2.33. The molecule has 2 saturated heterocycles. The molecular weight excluding hydrogens is 268 g/mol. The number of hydrogen-bond donors (Lipinski definition) is 0. The van der Waals surface area contributed by atoms with E-state index in [2.05, 4.69) is 0 Å². The Morgan fingerprint density at radius 2 is 1.81 bits per heavy atom. The summed E-state index contributed by atoms with van der Waals surface area (Å²) < 4.78 is 5.21. The van der Waals surface area contributed by atoms with E-state index in [0.717, 1.165) is 19.6 Å². The maximum Gasteiger partial charge on any atom is 0.327 e. The van der Waals surface area contributed by atoms with Gasteiger partial charge in [0.15, 0.2) is 0 Å². The van der Waals surface area contributed by atoms with Gasteiger partial charge in [0.05, 0.1) is 13.2 Å². The van der Waals surface area contributed by atoms with Crippen molar-refractivity contribution in [2.45, 2.75) is 51.5 Å². The Labute approximate surface area is 126 Å². The van der Waals surface area contributed by atoms with Crippen molar-refractivity contribution in [3.05, 3.63) is 0 Å². The second kappa shape index (κ2) is 6.34. The average molecular weight is 294 g/mol. The first-order valence-electron chi connectivity index (χ1n) is 8.40. The van der Waals surface area contributed by atoms with Gasteiger partial charge in [0, 0.05) is 19.0 Å². The Balaban J connectivity index is 1.69. The standard InChI is InChI=1S/C16H26N2O3/c1-2-17-15(19)14(8-12-6-4-3-5-7-12)18(16(17)20)9-13-10-21-11-13/h12-14H,2-11H2,1H3. The molecule has 0 radical (unpaired) electrons. The van der Waals surface area contributed by atoms with E-state index in [1.807, 2.05) is 11.8 Å². The third-order valence-electron chi connectivity index (χ3n) is 5.16. The number of rotatable bonds is 5. The minimum Gasteiger partial charge on any atom is -0.381 e. The van der Waals surface area contributed by atoms with E-state index in [4.69, 9.17) is 4.74 Å². The quantitative estimate of drug-likeness (QED) is 0.731. The monoisotopic (exact) mass is 294 g/mol. The summed E-state index contributed by atoms with van der Waals surface area (Å²) in [5, 5.41) is 0. The topological polar surface area (TPSA) is 49.9 Å². The van der Waals surface area contributed by atoms with E-state index in [1.165, 1.54) is 37.0 Å². The summed E-state index contributed by atoms with van der Waals surface area (Å²) in [4.78, 5) is 28.3. The summed E-state index contributed by atoms with van der Waals surface area (Å²) in [6.07, 6.45) is 7.14. The van der Waals surface area contributed by atoms with Crippen molar-refractivity contribution in [3.8, 4) is 0 Å². The van der Waals surface area contributed by atoms with Crippen LogP contribution in [-0.4, -0.2) is 54.1 Å². The molecular formula is C16H26N2O3. The van der Waals surface area contributed by atoms with Gasteiger partial charge < -0.3 is 9.64 Å². The first-order chi connectivity index (χ1) is 10.2. The molecule has 1 unspecified atom stereocenters. The van der Waals surface area contributed by atoms with Crippen molar-refractivity contribution in [1.29, 1.82) is 0 Å². The molecule has 0 aromatic carbocycles. The Kier molecular flexibility index (Phi) is 4.48. The summed E-state index contributed by atoms with van der Waals surface area (Å²) in [5.74, 6) is 1.04. The van der Waals surface area contributed by atoms with Crippen LogP contribution in [0.1, 0.15) is 45.4 Å². The second-order valence-electron chi connectivity index (χ2n) is 6.68. The van der Waals surface area contributed by atoms with E-state index >= 15 is 0 Å². The summed E-state index contributed by atoms with van der Waals surface area (Å²) in [6, 6.07) is -0.309. The second-order valence-corrected chi connectivity index (χ2v) is 6.68. The van der Waals surface area contributed by atoms with Gasteiger partial charge in [-0.25, -0.2) is 4.79 Å². The zero-order valence-corrected chi connectivity index (χ0v) is 12.9. The number of imide groups is 1. The zero-order valence-electron chi connectivity index (χ0n) is 12.9. The van der Waals surface area contributed by atoms with Crippen LogP contribution in [0.4, 0.5) is 4.79 Å². The van der Waals surface area contributed by atoms with E-state index in [-0.39, 0.29) is 18.0 Å². The Morgan fingerprint density at radius 3 is 2.38 bits per heavy atom. The van der Waals surface area contributed by atoms with Crippen molar-refractivity contribution >= 4 is 11.9 Å². The fourth-order valence-corrected chi connectivity index (χ4v) is 3.83. The van der Waals surface area contributed by atoms with Crippen molar-refractivity contribution in [2.24, 2.45) is 11.8 Å². The van der Waals surface area contributed by atoms with Crippen LogP contribution in [0.25, 0.3) is 0 Å². The lowest BCUT2D eigenvalue weighted by atomic mass is 9.84. The molecule has 1 saturated carbocycles. The molecule has 21 heavy (non-hydrogen) atoms. The zero-order chi connectivity index (χ0) is 14.8. The van der Waals surface area contributed by atoms with Gasteiger partial charge in [-0.2, -0.15) is 0 Å². The molecule has 3 aliphatic rings. The maximum absolute atomic E-state index is 12.6. The molecule has 0 aromatic rings. The van der Waals surface area contributed by atoms with E-state index in [9.17, 15) is 9.59 Å². The van der Waals surface area contributed by atoms with Crippen LogP contribution >= 0.6 is 0 Å². The number of nitrogens with zero attached hydrogens (tertiary/aromatic N) is 2. The SMILES string of the molecule is CCN1C(=O)C(CC2CCCCC2)N(CC2COC2)C1=O. The van der Waals surface area contributed by atoms with E-state index in [1.54, 1.807) is 0 Å². The molecule has 0 spiro atoms. The summed E-state index contributed by atoms with van der Waals surface area (Å²) in [7, 11) is 0. The van der Waals surface area contributed by atoms with Gasteiger partial charge in [0.1, 0.15) is 6.04 Å². The highest BCUT2D eigenvalue weighted by Gasteiger charge is 2.46. The Hall–Kier alpha value is -1.10. The number of urea groups is 1. The number of carbonyl (C=O) groups is 2. The molecule has 0 N–H and O–H groups in total. The number of carbonyl (C=O) groups excluding carboxylic acids is 2. The van der Waals surface area contributed by atoms with Gasteiger partial charge in [-0.15, -0.1) is 0 Å². The molecule has 1 atom stereocenters. The Morgan fingerprint density at radius 1 is 1.10 bits per heavy atom. The van der Waals surface area contributed by atoms with Crippen molar-refractivity contribution in [3.63, 3.8) is 0 Å². The number of ether oxygens (including phenoxy) is 1. The predicted octanol–water partition coefficient (Wildman–Crippen LogP) is 2.26. The van der Waals surface area contributed by atoms with Crippen LogP contribution in [0.5, 0.6) is 0 Å². The van der Waals surface area contributed by atoms with Crippen LogP contribution in [0, 0.1) is 11.8 Å². The third-order valence-corrected chi connectivity index (χ3v) is 5.16. The van der Waals surface area contributed by atoms with Crippen LogP contribution in [0.15, 0.2) is 0 Å². The van der Waals surface area contributed by atoms with Gasteiger partial charge in [0.25, 0.3) is 5.91 Å². The Bertz CT molecular complexity index is 402. The maximum atomic E-state index is 12.6. The van der Waals surface area contributed by atoms with Crippen molar-refractivity contribution in [2.75, 3.05) is 26.3 Å². The van der Waals surface area contributed by atoms with Gasteiger partial charge in [-0.3, -0.25) is 9.69 Å². The number of amides is 3. The van der Waals surface area contributed by atoms with Gasteiger partial charge in [0.2, 0.25) is 0 Å². The minimum absolute atomic E-state index is 0.0216. The highest BCUT2D eigenvalue weighted by Crippen LogP contribution is 2.32. The summed E-state index contributed by atoms with van der Waals surface area (Å²) in [6.45, 7) is 4.48. The molecule has 2 heterocycles. The molecule has 118 valence electrons. The number of likely N-dealkylation sites (N-methyl/N-ethyl adjacent to an activating group) is 1. The van der Waals surface area contributed by atoms with Crippen molar-refractivity contribution in [1.82, 2.24) is 9.80 Å². The molecule has 0 bridgehead atoms. The first kappa shape index (κ1) is 14.8. The van der Waals surface area contributed by atoms with Crippen LogP contribution in [-0.2, 0) is 9.53 Å². The molecule has 5 nitrogen and oxygen atoms in total. The summed E-state index contributed by atoms with van der Waals surface area (Å²) >= 11 is 0. The molecule has 1 aliphatic carbocycles. The average Bonchev–Trinajstić information content (AvgIpc) is 2.67. The van der Waals surface area contributed by atoms with Gasteiger partial charge in [-0.1, -0.05) is 32.1 Å². The highest BCUT2D eigenvalue weighted by molar-refractivity contribution is 6.04. The van der Waals surface area contributed by atoms with Crippen LogP contribution in [0.2, 0.25) is 0 Å². The fraction of sp³-hybridized carbons (Fsp3) is 0.875. The van der Waals surface area contributed by atoms with Crippen LogP contribution < -0.4 is 0 Å². The lowest BCUT2D eigenvalue weighted by molar-refractivity contribution is -0.129. The molecule has 5 heteroatoms. The van der Waals surface area contributed by atoms with E-state index < -0.39 is 0 Å². The lowest BCUT2D eigenvalue weighted by Crippen LogP contribution is -2.45. The van der Waals surface area contributed by atoms with Crippen LogP contribution in [0.3, 0.4) is 0 Å². The van der Waals surface area contributed by atoms with E-state index in [0.29, 0.717) is 24.9 Å². The smallest absolute Gasteiger partial charge is 0.327 e. The number of hydrogen-bond acceptors (Lipinski definition) is 3. The third kappa shape index (κ3) is 2.93. The van der Waals surface area contributed by atoms with Gasteiger partial charge >= 0.3 is 6.03 Å². The molecule has 3 fully saturated rings. The fourth-order valence-electron chi connectivity index (χ4n) is 3.83. The molecule has 2 aliphatic heterocycles. The van der Waals surface area contributed by atoms with Gasteiger partial charge in [-0.05, 0) is 19.3 Å². The minimum atomic E-state index is -0.221. The molecule has 0 aromatic heterocycles. The normalized spacial score (nSPS) is 28.3. The first-order valence-corrected chi connectivity index (χ1v) is 8.40. The summed E-state index contributed by atoms with van der Waals surface area (Å²) in [5.41, 5.74) is 0. The molecule has 3 rings (SSSR count). The highest BCUT2D eigenvalue weighted by atomic mass is 16.5. The largest absolute Gasteiger partial charge is 0.381 e.